The molecule has 0 N–H and O–H groups in total. The third-order valence-electron chi connectivity index (χ3n) is 6.15. The van der Waals surface area contributed by atoms with Gasteiger partial charge in [0, 0.05) is 29.6 Å². The van der Waals surface area contributed by atoms with Gasteiger partial charge in [-0.3, -0.25) is 0 Å². The maximum Gasteiger partial charge on any atom is 0.0769 e. The van der Waals surface area contributed by atoms with Crippen LogP contribution in [0.2, 0.25) is 12.1 Å². The second-order valence-corrected chi connectivity index (χ2v) is 12.0. The Morgan fingerprint density at radius 1 is 0.708 bits per heavy atom. The van der Waals surface area contributed by atoms with Gasteiger partial charge in [0.05, 0.1) is 8.07 Å². The molecule has 117 valence electrons. The van der Waals surface area contributed by atoms with Gasteiger partial charge >= 0.3 is 0 Å². The van der Waals surface area contributed by atoms with Crippen LogP contribution in [0, 0.1) is 0 Å². The second kappa shape index (κ2) is 7.17. The number of allylic oxidation sites excluding steroid dienone is 2. The van der Waals surface area contributed by atoms with Crippen molar-refractivity contribution in [1.82, 2.24) is 0 Å². The molecule has 0 fully saturated rings. The van der Waals surface area contributed by atoms with E-state index in [-0.39, 0.29) is 29.6 Å². The molecule has 0 bridgehead atoms. The van der Waals surface area contributed by atoms with Crippen LogP contribution in [0.3, 0.4) is 0 Å². The summed E-state index contributed by atoms with van der Waals surface area (Å²) in [6, 6.07) is 20.7. The van der Waals surface area contributed by atoms with Crippen molar-refractivity contribution in [2.75, 3.05) is 0 Å². The van der Waals surface area contributed by atoms with Gasteiger partial charge in [-0.25, -0.2) is 0 Å². The zero-order valence-electron chi connectivity index (χ0n) is 15.0. The summed E-state index contributed by atoms with van der Waals surface area (Å²) < 4.78 is 0. The largest absolute Gasteiger partial charge is 0.0791 e. The van der Waals surface area contributed by atoms with Gasteiger partial charge in [-0.1, -0.05) is 98.8 Å². The van der Waals surface area contributed by atoms with Crippen LogP contribution >= 0.6 is 0 Å². The molecule has 2 aromatic rings. The maximum atomic E-state index is 2.51. The van der Waals surface area contributed by atoms with Crippen LogP contribution in [0.15, 0.2) is 60.7 Å². The molecule has 0 aromatic heterocycles. The third-order valence-corrected chi connectivity index (χ3v) is 12.3. The standard InChI is InChI=1S/C22H24Si.Na/c1-3-23(4-2,21-15-13-17-9-5-7-11-19(17)21)22-16-14-18-10-6-8-12-20(18)22;/h5-16,21-22H,3-4H2,1-2H3;. The molecule has 0 heterocycles. The van der Waals surface area contributed by atoms with Gasteiger partial charge in [-0.05, 0) is 33.3 Å². The van der Waals surface area contributed by atoms with Crippen LogP contribution in [0.4, 0.5) is 0 Å². The minimum Gasteiger partial charge on any atom is -0.0791 e. The summed E-state index contributed by atoms with van der Waals surface area (Å²) in [6.07, 6.45) is 9.74. The average molecular weight is 340 g/mol. The first-order valence-corrected chi connectivity index (χ1v) is 11.4. The number of hydrogen-bond donors (Lipinski definition) is 0. The third kappa shape index (κ3) is 2.63. The number of rotatable bonds is 4. The minimum absolute atomic E-state index is 0. The van der Waals surface area contributed by atoms with Gasteiger partial charge < -0.3 is 0 Å². The van der Waals surface area contributed by atoms with Crippen molar-refractivity contribution in [3.63, 3.8) is 0 Å². The molecule has 0 aliphatic heterocycles. The van der Waals surface area contributed by atoms with Crippen molar-refractivity contribution in [2.24, 2.45) is 0 Å². The first kappa shape index (κ1) is 17.9. The quantitative estimate of drug-likeness (QED) is 0.618. The minimum atomic E-state index is -1.55. The van der Waals surface area contributed by atoms with Crippen LogP contribution < -0.4 is 0 Å². The monoisotopic (exact) mass is 339 g/mol. The Hall–Kier alpha value is -0.863. The van der Waals surface area contributed by atoms with E-state index in [1.807, 2.05) is 0 Å². The van der Waals surface area contributed by atoms with Gasteiger partial charge in [0.25, 0.3) is 0 Å². The fraction of sp³-hybridized carbons (Fsp3) is 0.273. The molecule has 0 amide bonds. The summed E-state index contributed by atoms with van der Waals surface area (Å²) in [7, 11) is -1.55. The maximum absolute atomic E-state index is 2.51. The van der Waals surface area contributed by atoms with Crippen molar-refractivity contribution in [3.8, 4) is 0 Å². The molecule has 0 saturated heterocycles. The molecule has 2 unspecified atom stereocenters. The summed E-state index contributed by atoms with van der Waals surface area (Å²) in [6.45, 7) is 4.86. The topological polar surface area (TPSA) is 0 Å². The van der Waals surface area contributed by atoms with Gasteiger partial charge in [0.2, 0.25) is 0 Å². The number of benzene rings is 2. The van der Waals surface area contributed by atoms with E-state index in [4.69, 9.17) is 0 Å². The Morgan fingerprint density at radius 2 is 1.12 bits per heavy atom. The molecular formula is C22H24NaSi. The van der Waals surface area contributed by atoms with Crippen molar-refractivity contribution in [2.45, 2.75) is 37.0 Å². The smallest absolute Gasteiger partial charge is 0.0769 e. The fourth-order valence-electron chi connectivity index (χ4n) is 4.82. The van der Waals surface area contributed by atoms with Gasteiger partial charge in [0.15, 0.2) is 0 Å². The normalized spacial score (nSPS) is 20.6. The van der Waals surface area contributed by atoms with Gasteiger partial charge in [0.1, 0.15) is 0 Å². The van der Waals surface area contributed by atoms with Crippen molar-refractivity contribution in [3.05, 3.63) is 82.9 Å². The summed E-state index contributed by atoms with van der Waals surface area (Å²) in [5.74, 6) is 0. The molecule has 1 radical (unpaired) electrons. The van der Waals surface area contributed by atoms with E-state index in [0.29, 0.717) is 11.1 Å². The van der Waals surface area contributed by atoms with E-state index in [2.05, 4.69) is 86.7 Å². The van der Waals surface area contributed by atoms with E-state index in [1.54, 1.807) is 11.1 Å². The number of fused-ring (bicyclic) bond motifs is 2. The van der Waals surface area contributed by atoms with E-state index in [0.717, 1.165) is 0 Å². The summed E-state index contributed by atoms with van der Waals surface area (Å²) in [5, 5.41) is 0. The average Bonchev–Trinajstić information content (AvgIpc) is 3.23. The molecule has 4 rings (SSSR count). The zero-order valence-corrected chi connectivity index (χ0v) is 18.0. The van der Waals surface area contributed by atoms with E-state index < -0.39 is 8.07 Å². The van der Waals surface area contributed by atoms with Gasteiger partial charge in [-0.2, -0.15) is 0 Å². The molecular weight excluding hydrogens is 315 g/mol. The predicted molar refractivity (Wildman–Crippen MR) is 109 cm³/mol. The fourth-order valence-corrected chi connectivity index (χ4v) is 10.2. The summed E-state index contributed by atoms with van der Waals surface area (Å²) in [5.41, 5.74) is 7.31. The van der Waals surface area contributed by atoms with E-state index >= 15 is 0 Å². The Bertz CT molecular complexity index is 723. The molecule has 2 heteroatoms. The van der Waals surface area contributed by atoms with E-state index in [1.165, 1.54) is 23.2 Å². The SMILES string of the molecule is CC[Si](CC)(C1C=Cc2ccccc21)C1C=Cc2ccccc21.[Na]. The van der Waals surface area contributed by atoms with Crippen LogP contribution in [-0.2, 0) is 0 Å². The van der Waals surface area contributed by atoms with Crippen molar-refractivity contribution in [1.29, 1.82) is 0 Å². The molecule has 0 saturated carbocycles. The molecule has 24 heavy (non-hydrogen) atoms. The van der Waals surface area contributed by atoms with Crippen molar-refractivity contribution >= 4 is 49.8 Å². The van der Waals surface area contributed by atoms with Crippen LogP contribution in [0.25, 0.3) is 12.2 Å². The molecule has 2 aliphatic rings. The van der Waals surface area contributed by atoms with E-state index in [9.17, 15) is 0 Å². The summed E-state index contributed by atoms with van der Waals surface area (Å²) >= 11 is 0. The molecule has 0 nitrogen and oxygen atoms in total. The molecule has 2 aliphatic carbocycles. The zero-order chi connectivity index (χ0) is 15.9. The van der Waals surface area contributed by atoms with Crippen molar-refractivity contribution < 1.29 is 0 Å². The Morgan fingerprint density at radius 3 is 1.54 bits per heavy atom. The van der Waals surface area contributed by atoms with Gasteiger partial charge in [-0.15, -0.1) is 0 Å². The Kier molecular flexibility index (Phi) is 5.36. The van der Waals surface area contributed by atoms with Crippen LogP contribution in [0.5, 0.6) is 0 Å². The second-order valence-electron chi connectivity index (χ2n) is 6.87. The Labute approximate surface area is 169 Å². The summed E-state index contributed by atoms with van der Waals surface area (Å²) in [4.78, 5) is 0. The first-order chi connectivity index (χ1) is 11.3. The Balaban J connectivity index is 0.00000169. The molecule has 2 atom stereocenters. The first-order valence-electron chi connectivity index (χ1n) is 8.84. The predicted octanol–water partition coefficient (Wildman–Crippen LogP) is 5.79. The molecule has 0 spiro atoms. The number of hydrogen-bond acceptors (Lipinski definition) is 0. The molecule has 2 aromatic carbocycles. The van der Waals surface area contributed by atoms with Crippen LogP contribution in [-0.4, -0.2) is 37.6 Å². The van der Waals surface area contributed by atoms with Crippen LogP contribution in [0.1, 0.15) is 47.2 Å².